The van der Waals surface area contributed by atoms with E-state index in [2.05, 4.69) is 10.6 Å². The second kappa shape index (κ2) is 6.44. The first kappa shape index (κ1) is 15.5. The van der Waals surface area contributed by atoms with Crippen molar-refractivity contribution in [3.05, 3.63) is 29.6 Å². The van der Waals surface area contributed by atoms with E-state index in [1.54, 1.807) is 17.8 Å². The molecule has 1 aliphatic carbocycles. The highest BCUT2D eigenvalue weighted by Gasteiger charge is 2.39. The summed E-state index contributed by atoms with van der Waals surface area (Å²) in [5, 5.41) is 6.70. The van der Waals surface area contributed by atoms with Crippen molar-refractivity contribution in [3.63, 3.8) is 0 Å². The van der Waals surface area contributed by atoms with Gasteiger partial charge in [-0.3, -0.25) is 4.79 Å². The second-order valence-corrected chi connectivity index (χ2v) is 8.12. The molecule has 2 fully saturated rings. The molecule has 2 N–H and O–H groups in total. The maximum Gasteiger partial charge on any atom is 0.237 e. The van der Waals surface area contributed by atoms with Crippen LogP contribution in [-0.2, 0) is 4.79 Å². The summed E-state index contributed by atoms with van der Waals surface area (Å²) in [7, 11) is 0. The Labute approximate surface area is 140 Å². The lowest BCUT2D eigenvalue weighted by Gasteiger charge is -2.27. The normalized spacial score (nSPS) is 32.9. The number of fused-ring (bicyclic) bond motifs is 2. The van der Waals surface area contributed by atoms with E-state index in [-0.39, 0.29) is 23.8 Å². The molecule has 3 nitrogen and oxygen atoms in total. The van der Waals surface area contributed by atoms with Crippen LogP contribution < -0.4 is 10.6 Å². The highest BCUT2D eigenvalue weighted by atomic mass is 32.2. The van der Waals surface area contributed by atoms with Gasteiger partial charge in [-0.25, -0.2) is 4.39 Å². The van der Waals surface area contributed by atoms with Crippen LogP contribution in [0.2, 0.25) is 0 Å². The summed E-state index contributed by atoms with van der Waals surface area (Å²) in [6.45, 7) is 0. The molecule has 1 saturated heterocycles. The Hall–Kier alpha value is -1.07. The molecule has 4 unspecified atom stereocenters. The summed E-state index contributed by atoms with van der Waals surface area (Å²) in [5.74, 6) is 1.49. The molecule has 0 bridgehead atoms. The molecule has 4 rings (SSSR count). The maximum atomic E-state index is 13.6. The van der Waals surface area contributed by atoms with Gasteiger partial charge in [0.2, 0.25) is 5.91 Å². The number of halogens is 1. The molecule has 124 valence electrons. The molecular weight excluding hydrogens is 311 g/mol. The average molecular weight is 334 g/mol. The fraction of sp³-hybridized carbons (Fsp3) is 0.611. The van der Waals surface area contributed by atoms with Crippen LogP contribution in [0.5, 0.6) is 0 Å². The van der Waals surface area contributed by atoms with E-state index in [1.807, 2.05) is 6.07 Å². The van der Waals surface area contributed by atoms with Gasteiger partial charge in [-0.2, -0.15) is 0 Å². The van der Waals surface area contributed by atoms with Crippen LogP contribution in [0.3, 0.4) is 0 Å². The zero-order valence-electron chi connectivity index (χ0n) is 13.2. The Morgan fingerprint density at radius 1 is 1.26 bits per heavy atom. The molecule has 2 aliphatic heterocycles. The Bertz CT molecular complexity index is 595. The topological polar surface area (TPSA) is 41.1 Å². The van der Waals surface area contributed by atoms with E-state index in [0.29, 0.717) is 12.0 Å². The van der Waals surface area contributed by atoms with Crippen molar-refractivity contribution >= 4 is 17.7 Å². The lowest BCUT2D eigenvalue weighted by Crippen LogP contribution is -2.44. The highest BCUT2D eigenvalue weighted by Crippen LogP contribution is 2.37. The SMILES string of the molecule is O=C(NC1CCSc2ccc(F)cc21)C1CC2CCCCC2N1. The quantitative estimate of drug-likeness (QED) is 0.871. The monoisotopic (exact) mass is 334 g/mol. The third-order valence-electron chi connectivity index (χ3n) is 5.51. The summed E-state index contributed by atoms with van der Waals surface area (Å²) < 4.78 is 13.6. The number of carbonyl (C=O) groups excluding carboxylic acids is 1. The average Bonchev–Trinajstić information content (AvgIpc) is 2.99. The predicted octanol–water partition coefficient (Wildman–Crippen LogP) is 3.40. The summed E-state index contributed by atoms with van der Waals surface area (Å²) >= 11 is 1.74. The van der Waals surface area contributed by atoms with E-state index in [1.165, 1.54) is 31.7 Å². The Balaban J connectivity index is 1.45. The van der Waals surface area contributed by atoms with Crippen LogP contribution >= 0.6 is 11.8 Å². The summed E-state index contributed by atoms with van der Waals surface area (Å²) in [4.78, 5) is 13.8. The molecule has 1 saturated carbocycles. The van der Waals surface area contributed by atoms with Crippen molar-refractivity contribution in [1.29, 1.82) is 0 Å². The molecule has 1 aromatic rings. The molecule has 2 heterocycles. The number of carbonyl (C=O) groups is 1. The molecular formula is C18H23FN2OS. The number of rotatable bonds is 2. The lowest BCUT2D eigenvalue weighted by atomic mass is 9.85. The first-order valence-corrected chi connectivity index (χ1v) is 9.68. The van der Waals surface area contributed by atoms with Crippen LogP contribution in [0.15, 0.2) is 23.1 Å². The molecule has 23 heavy (non-hydrogen) atoms. The van der Waals surface area contributed by atoms with Crippen LogP contribution in [0.25, 0.3) is 0 Å². The smallest absolute Gasteiger partial charge is 0.237 e. The molecule has 4 atom stereocenters. The third kappa shape index (κ3) is 3.13. The molecule has 0 aromatic heterocycles. The fourth-order valence-corrected chi connectivity index (χ4v) is 5.41. The van der Waals surface area contributed by atoms with Crippen LogP contribution in [0, 0.1) is 11.7 Å². The van der Waals surface area contributed by atoms with Crippen molar-refractivity contribution in [3.8, 4) is 0 Å². The van der Waals surface area contributed by atoms with Crippen molar-refractivity contribution in [2.75, 3.05) is 5.75 Å². The molecule has 3 aliphatic rings. The first-order chi connectivity index (χ1) is 11.2. The Morgan fingerprint density at radius 2 is 2.13 bits per heavy atom. The van der Waals surface area contributed by atoms with Crippen LogP contribution in [0.4, 0.5) is 4.39 Å². The number of nitrogens with one attached hydrogen (secondary N) is 2. The molecule has 1 aromatic carbocycles. The molecule has 1 amide bonds. The highest BCUT2D eigenvalue weighted by molar-refractivity contribution is 7.99. The zero-order valence-corrected chi connectivity index (χ0v) is 14.0. The van der Waals surface area contributed by atoms with Crippen molar-refractivity contribution in [2.45, 2.75) is 61.5 Å². The van der Waals surface area contributed by atoms with Gasteiger partial charge >= 0.3 is 0 Å². The predicted molar refractivity (Wildman–Crippen MR) is 89.9 cm³/mol. The first-order valence-electron chi connectivity index (χ1n) is 8.69. The number of hydrogen-bond acceptors (Lipinski definition) is 3. The molecule has 0 spiro atoms. The number of benzene rings is 1. The number of thioether (sulfide) groups is 1. The van der Waals surface area contributed by atoms with E-state index in [9.17, 15) is 9.18 Å². The lowest BCUT2D eigenvalue weighted by molar-refractivity contribution is -0.123. The van der Waals surface area contributed by atoms with E-state index in [4.69, 9.17) is 0 Å². The second-order valence-electron chi connectivity index (χ2n) is 6.99. The van der Waals surface area contributed by atoms with Gasteiger partial charge in [0.1, 0.15) is 5.82 Å². The van der Waals surface area contributed by atoms with Gasteiger partial charge < -0.3 is 10.6 Å². The van der Waals surface area contributed by atoms with Gasteiger partial charge in [0.05, 0.1) is 12.1 Å². The van der Waals surface area contributed by atoms with E-state index in [0.717, 1.165) is 29.1 Å². The molecule has 5 heteroatoms. The number of amides is 1. The third-order valence-corrected chi connectivity index (χ3v) is 6.63. The summed E-state index contributed by atoms with van der Waals surface area (Å²) in [6.07, 6.45) is 6.83. The van der Waals surface area contributed by atoms with E-state index < -0.39 is 0 Å². The number of hydrogen-bond donors (Lipinski definition) is 2. The summed E-state index contributed by atoms with van der Waals surface area (Å²) in [6, 6.07) is 5.29. The summed E-state index contributed by atoms with van der Waals surface area (Å²) in [5.41, 5.74) is 0.935. The van der Waals surface area contributed by atoms with Gasteiger partial charge in [-0.05, 0) is 55.4 Å². The van der Waals surface area contributed by atoms with Crippen LogP contribution in [-0.4, -0.2) is 23.7 Å². The van der Waals surface area contributed by atoms with Gasteiger partial charge in [-0.1, -0.05) is 12.8 Å². The largest absolute Gasteiger partial charge is 0.348 e. The molecule has 0 radical (unpaired) electrons. The minimum Gasteiger partial charge on any atom is -0.348 e. The Morgan fingerprint density at radius 3 is 3.00 bits per heavy atom. The standard InChI is InChI=1S/C18H23FN2OS/c19-12-5-6-17-13(10-12)15(7-8-23-17)21-18(22)16-9-11-3-1-2-4-14(11)20-16/h5-6,10-11,14-16,20H,1-4,7-9H2,(H,21,22). The minimum atomic E-state index is -0.226. The van der Waals surface area contributed by atoms with Crippen molar-refractivity contribution in [2.24, 2.45) is 5.92 Å². The van der Waals surface area contributed by atoms with Gasteiger partial charge in [-0.15, -0.1) is 11.8 Å². The van der Waals surface area contributed by atoms with Gasteiger partial charge in [0.15, 0.2) is 0 Å². The Kier molecular flexibility index (Phi) is 4.33. The van der Waals surface area contributed by atoms with Crippen molar-refractivity contribution < 1.29 is 9.18 Å². The zero-order chi connectivity index (χ0) is 15.8. The minimum absolute atomic E-state index is 0.0566. The maximum absolute atomic E-state index is 13.6. The van der Waals surface area contributed by atoms with E-state index >= 15 is 0 Å². The van der Waals surface area contributed by atoms with Gasteiger partial charge in [0.25, 0.3) is 0 Å². The van der Waals surface area contributed by atoms with Gasteiger partial charge in [0, 0.05) is 16.7 Å². The van der Waals surface area contributed by atoms with Crippen LogP contribution in [0.1, 0.15) is 50.1 Å². The fourth-order valence-electron chi connectivity index (χ4n) is 4.31. The van der Waals surface area contributed by atoms with Crippen molar-refractivity contribution in [1.82, 2.24) is 10.6 Å².